The molecule has 1 heterocycles. The highest BCUT2D eigenvalue weighted by atomic mass is 16.4. The first-order valence-electron chi connectivity index (χ1n) is 8.41. The van der Waals surface area contributed by atoms with Crippen LogP contribution < -0.4 is 21.3 Å². The molecular formula is C15H24N4O8. The Labute approximate surface area is 154 Å². The molecule has 0 radical (unpaired) electrons. The van der Waals surface area contributed by atoms with E-state index in [-0.39, 0.29) is 18.4 Å². The number of aliphatic hydroxyl groups excluding tert-OH is 1. The molecule has 0 aliphatic carbocycles. The summed E-state index contributed by atoms with van der Waals surface area (Å²) in [5, 5.41) is 36.2. The molecule has 3 unspecified atom stereocenters. The molecular weight excluding hydrogens is 364 g/mol. The van der Waals surface area contributed by atoms with E-state index in [0.29, 0.717) is 13.0 Å². The summed E-state index contributed by atoms with van der Waals surface area (Å²) >= 11 is 0. The van der Waals surface area contributed by atoms with E-state index in [4.69, 9.17) is 15.3 Å². The molecule has 1 fully saturated rings. The number of aliphatic carboxylic acids is 2. The first-order chi connectivity index (χ1) is 12.7. The molecule has 0 saturated carbocycles. The van der Waals surface area contributed by atoms with Crippen LogP contribution in [0.25, 0.3) is 0 Å². The number of carbonyl (C=O) groups is 5. The van der Waals surface area contributed by atoms with Crippen LogP contribution >= 0.6 is 0 Å². The van der Waals surface area contributed by atoms with Gasteiger partial charge in [0.1, 0.15) is 12.1 Å². The lowest BCUT2D eigenvalue weighted by Crippen LogP contribution is -2.54. The summed E-state index contributed by atoms with van der Waals surface area (Å²) in [7, 11) is 0. The summed E-state index contributed by atoms with van der Waals surface area (Å²) in [6, 6.07) is -3.30. The van der Waals surface area contributed by atoms with Gasteiger partial charge in [-0.25, -0.2) is 4.79 Å². The molecule has 3 amide bonds. The average Bonchev–Trinajstić information content (AvgIpc) is 3.15. The summed E-state index contributed by atoms with van der Waals surface area (Å²) in [6.45, 7) is -0.585. The van der Waals surface area contributed by atoms with Crippen molar-refractivity contribution in [2.24, 2.45) is 0 Å². The lowest BCUT2D eigenvalue weighted by molar-refractivity contribution is -0.144. The van der Waals surface area contributed by atoms with Gasteiger partial charge in [0.25, 0.3) is 0 Å². The lowest BCUT2D eigenvalue weighted by Gasteiger charge is -2.20. The number of hydrogen-bond acceptors (Lipinski definition) is 7. The molecule has 12 heteroatoms. The zero-order valence-electron chi connectivity index (χ0n) is 14.6. The van der Waals surface area contributed by atoms with Crippen LogP contribution in [0.5, 0.6) is 0 Å². The van der Waals surface area contributed by atoms with Crippen LogP contribution in [0.2, 0.25) is 0 Å². The van der Waals surface area contributed by atoms with Crippen molar-refractivity contribution in [2.75, 3.05) is 19.7 Å². The Bertz CT molecular complexity index is 576. The number of carbonyl (C=O) groups excluding carboxylic acids is 3. The summed E-state index contributed by atoms with van der Waals surface area (Å²) in [6.07, 6.45) is 0.753. The quantitative estimate of drug-likeness (QED) is 0.190. The van der Waals surface area contributed by atoms with Crippen molar-refractivity contribution in [3.8, 4) is 0 Å². The van der Waals surface area contributed by atoms with Gasteiger partial charge in [-0.3, -0.25) is 19.2 Å². The second-order valence-electron chi connectivity index (χ2n) is 6.00. The minimum atomic E-state index is -1.59. The van der Waals surface area contributed by atoms with Crippen molar-refractivity contribution in [1.82, 2.24) is 21.3 Å². The van der Waals surface area contributed by atoms with Crippen molar-refractivity contribution in [1.29, 1.82) is 0 Å². The van der Waals surface area contributed by atoms with E-state index in [9.17, 15) is 24.0 Å². The molecule has 152 valence electrons. The fourth-order valence-electron chi connectivity index (χ4n) is 2.44. The van der Waals surface area contributed by atoms with Crippen LogP contribution in [0.15, 0.2) is 0 Å². The number of aliphatic hydroxyl groups is 1. The van der Waals surface area contributed by atoms with Crippen LogP contribution in [0.4, 0.5) is 0 Å². The minimum absolute atomic E-state index is 0.289. The molecule has 3 atom stereocenters. The molecule has 1 aliphatic rings. The molecule has 0 aromatic heterocycles. The fourth-order valence-corrected chi connectivity index (χ4v) is 2.44. The molecule has 1 rings (SSSR count). The van der Waals surface area contributed by atoms with Crippen LogP contribution in [0.1, 0.15) is 25.7 Å². The molecule has 27 heavy (non-hydrogen) atoms. The summed E-state index contributed by atoms with van der Waals surface area (Å²) in [5.74, 6) is -4.73. The third kappa shape index (κ3) is 8.00. The van der Waals surface area contributed by atoms with Gasteiger partial charge in [0.05, 0.1) is 19.2 Å². The SMILES string of the molecule is O=C(O)CCC(NC(=O)CNC(=O)C1CCCN1)C(=O)NC(CO)C(=O)O. The predicted molar refractivity (Wildman–Crippen MR) is 89.5 cm³/mol. The Morgan fingerprint density at radius 1 is 1.07 bits per heavy atom. The van der Waals surface area contributed by atoms with Gasteiger partial charge in [0, 0.05) is 6.42 Å². The van der Waals surface area contributed by atoms with E-state index in [1.807, 2.05) is 5.32 Å². The number of amides is 3. The van der Waals surface area contributed by atoms with Gasteiger partial charge in [-0.2, -0.15) is 0 Å². The van der Waals surface area contributed by atoms with Gasteiger partial charge in [-0.1, -0.05) is 0 Å². The Kier molecular flexibility index (Phi) is 9.16. The molecule has 0 aromatic carbocycles. The second kappa shape index (κ2) is 11.1. The maximum Gasteiger partial charge on any atom is 0.328 e. The first kappa shape index (κ1) is 22.3. The minimum Gasteiger partial charge on any atom is -0.481 e. The highest BCUT2D eigenvalue weighted by molar-refractivity contribution is 5.92. The first-order valence-corrected chi connectivity index (χ1v) is 8.41. The van der Waals surface area contributed by atoms with E-state index >= 15 is 0 Å². The molecule has 1 saturated heterocycles. The molecule has 1 aliphatic heterocycles. The fraction of sp³-hybridized carbons (Fsp3) is 0.667. The number of nitrogens with one attached hydrogen (secondary N) is 4. The van der Waals surface area contributed by atoms with Crippen LogP contribution in [-0.2, 0) is 24.0 Å². The zero-order chi connectivity index (χ0) is 20.4. The van der Waals surface area contributed by atoms with Gasteiger partial charge < -0.3 is 36.6 Å². The Balaban J connectivity index is 2.59. The maximum absolute atomic E-state index is 12.1. The molecule has 12 nitrogen and oxygen atoms in total. The number of hydrogen-bond donors (Lipinski definition) is 7. The van der Waals surface area contributed by atoms with E-state index in [1.165, 1.54) is 0 Å². The van der Waals surface area contributed by atoms with Crippen molar-refractivity contribution in [3.63, 3.8) is 0 Å². The van der Waals surface area contributed by atoms with Crippen LogP contribution in [0.3, 0.4) is 0 Å². The van der Waals surface area contributed by atoms with E-state index in [2.05, 4.69) is 16.0 Å². The van der Waals surface area contributed by atoms with Crippen LogP contribution in [0, 0.1) is 0 Å². The molecule has 0 spiro atoms. The second-order valence-corrected chi connectivity index (χ2v) is 6.00. The van der Waals surface area contributed by atoms with Crippen molar-refractivity contribution < 1.29 is 39.3 Å². The third-order valence-corrected chi connectivity index (χ3v) is 3.90. The van der Waals surface area contributed by atoms with Crippen molar-refractivity contribution in [3.05, 3.63) is 0 Å². The number of carboxylic acid groups (broad SMARTS) is 2. The third-order valence-electron chi connectivity index (χ3n) is 3.90. The predicted octanol–water partition coefficient (Wildman–Crippen LogP) is -3.23. The Morgan fingerprint density at radius 3 is 2.30 bits per heavy atom. The molecule has 7 N–H and O–H groups in total. The maximum atomic E-state index is 12.1. The van der Waals surface area contributed by atoms with Crippen molar-refractivity contribution in [2.45, 2.75) is 43.8 Å². The Hall–Kier alpha value is -2.73. The number of rotatable bonds is 11. The van der Waals surface area contributed by atoms with Gasteiger partial charge in [0.2, 0.25) is 17.7 Å². The standard InChI is InChI=1S/C15H24N4O8/c20-7-10(15(26)27)19-14(25)9(3-4-12(22)23)18-11(21)6-17-13(24)8-2-1-5-16-8/h8-10,16,20H,1-7H2,(H,17,24)(H,18,21)(H,19,25)(H,22,23)(H,26,27). The monoisotopic (exact) mass is 388 g/mol. The average molecular weight is 388 g/mol. The van der Waals surface area contributed by atoms with E-state index in [0.717, 1.165) is 6.42 Å². The smallest absolute Gasteiger partial charge is 0.328 e. The zero-order valence-corrected chi connectivity index (χ0v) is 14.6. The molecule has 0 aromatic rings. The van der Waals surface area contributed by atoms with Crippen molar-refractivity contribution >= 4 is 29.7 Å². The van der Waals surface area contributed by atoms with Gasteiger partial charge >= 0.3 is 11.9 Å². The van der Waals surface area contributed by atoms with Gasteiger partial charge in [-0.15, -0.1) is 0 Å². The highest BCUT2D eigenvalue weighted by Crippen LogP contribution is 2.04. The summed E-state index contributed by atoms with van der Waals surface area (Å²) in [4.78, 5) is 57.5. The largest absolute Gasteiger partial charge is 0.481 e. The number of carboxylic acids is 2. The summed E-state index contributed by atoms with van der Waals surface area (Å²) in [5.41, 5.74) is 0. The topological polar surface area (TPSA) is 194 Å². The summed E-state index contributed by atoms with van der Waals surface area (Å²) < 4.78 is 0. The van der Waals surface area contributed by atoms with E-state index in [1.54, 1.807) is 0 Å². The van der Waals surface area contributed by atoms with Crippen LogP contribution in [-0.4, -0.2) is 82.8 Å². The van der Waals surface area contributed by atoms with Gasteiger partial charge in [-0.05, 0) is 25.8 Å². The van der Waals surface area contributed by atoms with E-state index < -0.39 is 55.4 Å². The highest BCUT2D eigenvalue weighted by Gasteiger charge is 2.27. The molecule has 0 bridgehead atoms. The normalized spacial score (nSPS) is 18.2. The van der Waals surface area contributed by atoms with Gasteiger partial charge in [0.15, 0.2) is 0 Å². The lowest BCUT2D eigenvalue weighted by atomic mass is 10.1. The Morgan fingerprint density at radius 2 is 1.78 bits per heavy atom.